The number of ether oxygens (including phenoxy) is 3. The van der Waals surface area contributed by atoms with Gasteiger partial charge in [0.15, 0.2) is 17.2 Å². The van der Waals surface area contributed by atoms with Crippen LogP contribution in [0.4, 0.5) is 4.39 Å². The SMILES string of the molecule is C=CCOc1c(Br)cc(C=C2N=C(c3ccc(F)cc3)OC2=O)cc1OC. The van der Waals surface area contributed by atoms with Crippen molar-refractivity contribution in [2.24, 2.45) is 4.99 Å². The Morgan fingerprint density at radius 2 is 2.04 bits per heavy atom. The van der Waals surface area contributed by atoms with Crippen molar-refractivity contribution in [3.63, 3.8) is 0 Å². The van der Waals surface area contributed by atoms with E-state index in [0.717, 1.165) is 0 Å². The number of esters is 1. The van der Waals surface area contributed by atoms with Crippen molar-refractivity contribution in [2.45, 2.75) is 0 Å². The molecular formula is C20H15BrFNO4. The lowest BCUT2D eigenvalue weighted by atomic mass is 10.1. The van der Waals surface area contributed by atoms with Crippen molar-refractivity contribution >= 4 is 33.9 Å². The molecule has 0 spiro atoms. The van der Waals surface area contributed by atoms with Crippen LogP contribution in [0.5, 0.6) is 11.5 Å². The first kappa shape index (κ1) is 18.8. The van der Waals surface area contributed by atoms with Gasteiger partial charge in [-0.05, 0) is 64.0 Å². The van der Waals surface area contributed by atoms with Crippen LogP contribution in [0.3, 0.4) is 0 Å². The van der Waals surface area contributed by atoms with Gasteiger partial charge >= 0.3 is 5.97 Å². The Morgan fingerprint density at radius 3 is 2.70 bits per heavy atom. The Morgan fingerprint density at radius 1 is 1.30 bits per heavy atom. The highest BCUT2D eigenvalue weighted by molar-refractivity contribution is 9.10. The maximum Gasteiger partial charge on any atom is 0.363 e. The molecule has 1 heterocycles. The molecule has 0 saturated heterocycles. The van der Waals surface area contributed by atoms with Gasteiger partial charge in [0.1, 0.15) is 12.4 Å². The van der Waals surface area contributed by atoms with Gasteiger partial charge in [0, 0.05) is 5.56 Å². The smallest absolute Gasteiger partial charge is 0.363 e. The number of benzene rings is 2. The van der Waals surface area contributed by atoms with E-state index in [2.05, 4.69) is 27.5 Å². The van der Waals surface area contributed by atoms with Gasteiger partial charge in [0.25, 0.3) is 0 Å². The molecule has 138 valence electrons. The van der Waals surface area contributed by atoms with Crippen molar-refractivity contribution in [3.05, 3.63) is 76.2 Å². The van der Waals surface area contributed by atoms with Crippen LogP contribution < -0.4 is 9.47 Å². The molecule has 0 amide bonds. The van der Waals surface area contributed by atoms with E-state index >= 15 is 0 Å². The van der Waals surface area contributed by atoms with Crippen LogP contribution in [0.2, 0.25) is 0 Å². The molecule has 2 aromatic carbocycles. The molecule has 3 rings (SSSR count). The predicted molar refractivity (Wildman–Crippen MR) is 103 cm³/mol. The van der Waals surface area contributed by atoms with E-state index in [0.29, 0.717) is 33.7 Å². The second-order valence-corrected chi connectivity index (χ2v) is 6.33. The third kappa shape index (κ3) is 4.25. The fraction of sp³-hybridized carbons (Fsp3) is 0.100. The molecular weight excluding hydrogens is 417 g/mol. The highest BCUT2D eigenvalue weighted by Crippen LogP contribution is 2.37. The molecule has 1 aliphatic rings. The summed E-state index contributed by atoms with van der Waals surface area (Å²) in [6, 6.07) is 9.03. The summed E-state index contributed by atoms with van der Waals surface area (Å²) in [5, 5.41) is 0. The average molecular weight is 432 g/mol. The van der Waals surface area contributed by atoms with Gasteiger partial charge in [-0.2, -0.15) is 0 Å². The second-order valence-electron chi connectivity index (χ2n) is 5.48. The van der Waals surface area contributed by atoms with Crippen molar-refractivity contribution < 1.29 is 23.4 Å². The second kappa shape index (κ2) is 8.18. The number of carbonyl (C=O) groups is 1. The van der Waals surface area contributed by atoms with Gasteiger partial charge in [-0.15, -0.1) is 0 Å². The van der Waals surface area contributed by atoms with E-state index in [9.17, 15) is 9.18 Å². The van der Waals surface area contributed by atoms with Gasteiger partial charge < -0.3 is 14.2 Å². The molecule has 0 unspecified atom stereocenters. The Balaban J connectivity index is 1.93. The van der Waals surface area contributed by atoms with E-state index in [-0.39, 0.29) is 17.4 Å². The normalized spacial score (nSPS) is 14.7. The van der Waals surface area contributed by atoms with Crippen LogP contribution in [-0.4, -0.2) is 25.6 Å². The van der Waals surface area contributed by atoms with E-state index < -0.39 is 5.97 Å². The Kier molecular flexibility index (Phi) is 5.71. The standard InChI is InChI=1S/C20H15BrFNO4/c1-3-8-26-18-15(21)9-12(11-17(18)25-2)10-16-20(24)27-19(23-16)13-4-6-14(22)7-5-13/h3-7,9-11H,1,8H2,2H3. The third-order valence-electron chi connectivity index (χ3n) is 3.61. The molecule has 27 heavy (non-hydrogen) atoms. The number of aliphatic imine (C=N–C) groups is 1. The third-order valence-corrected chi connectivity index (χ3v) is 4.20. The fourth-order valence-corrected chi connectivity index (χ4v) is 2.96. The lowest BCUT2D eigenvalue weighted by molar-refractivity contribution is -0.129. The summed E-state index contributed by atoms with van der Waals surface area (Å²) in [4.78, 5) is 16.3. The fourth-order valence-electron chi connectivity index (χ4n) is 2.39. The van der Waals surface area contributed by atoms with Gasteiger partial charge in [-0.25, -0.2) is 14.2 Å². The van der Waals surface area contributed by atoms with Crippen LogP contribution in [0.25, 0.3) is 6.08 Å². The topological polar surface area (TPSA) is 57.1 Å². The van der Waals surface area contributed by atoms with Crippen LogP contribution in [0, 0.1) is 5.82 Å². The maximum atomic E-state index is 13.0. The van der Waals surface area contributed by atoms with Gasteiger partial charge in [-0.3, -0.25) is 0 Å². The molecule has 0 aromatic heterocycles. The summed E-state index contributed by atoms with van der Waals surface area (Å²) in [5.41, 5.74) is 1.31. The van der Waals surface area contributed by atoms with Crippen molar-refractivity contribution in [2.75, 3.05) is 13.7 Å². The van der Waals surface area contributed by atoms with Gasteiger partial charge in [0.05, 0.1) is 11.6 Å². The first-order chi connectivity index (χ1) is 13.0. The number of nitrogens with zero attached hydrogens (tertiary/aromatic N) is 1. The highest BCUT2D eigenvalue weighted by atomic mass is 79.9. The Labute approximate surface area is 163 Å². The first-order valence-electron chi connectivity index (χ1n) is 7.91. The van der Waals surface area contributed by atoms with Gasteiger partial charge in [0.2, 0.25) is 5.90 Å². The lowest BCUT2D eigenvalue weighted by Crippen LogP contribution is -2.05. The van der Waals surface area contributed by atoms with Gasteiger partial charge in [-0.1, -0.05) is 12.7 Å². The van der Waals surface area contributed by atoms with E-state index in [1.54, 1.807) is 24.3 Å². The monoisotopic (exact) mass is 431 g/mol. The Hall–Kier alpha value is -2.93. The minimum atomic E-state index is -0.587. The zero-order valence-corrected chi connectivity index (χ0v) is 16.0. The molecule has 0 saturated carbocycles. The number of cyclic esters (lactones) is 1. The number of hydrogen-bond acceptors (Lipinski definition) is 5. The van der Waals surface area contributed by atoms with E-state index in [4.69, 9.17) is 14.2 Å². The number of carbonyl (C=O) groups excluding carboxylic acids is 1. The van der Waals surface area contributed by atoms with E-state index in [1.807, 2.05) is 0 Å². The molecule has 0 fully saturated rings. The summed E-state index contributed by atoms with van der Waals surface area (Å²) in [6.45, 7) is 3.94. The van der Waals surface area contributed by atoms with Crippen molar-refractivity contribution in [1.29, 1.82) is 0 Å². The largest absolute Gasteiger partial charge is 0.493 e. The zero-order chi connectivity index (χ0) is 19.4. The minimum Gasteiger partial charge on any atom is -0.493 e. The number of methoxy groups -OCH3 is 1. The minimum absolute atomic E-state index is 0.128. The van der Waals surface area contributed by atoms with E-state index in [1.165, 1.54) is 31.4 Å². The summed E-state index contributed by atoms with van der Waals surface area (Å²) in [7, 11) is 1.52. The molecule has 0 aliphatic carbocycles. The Bertz CT molecular complexity index is 951. The number of hydrogen-bond donors (Lipinski definition) is 0. The predicted octanol–water partition coefficient (Wildman–Crippen LogP) is 4.51. The lowest BCUT2D eigenvalue weighted by Gasteiger charge is -2.12. The molecule has 7 heteroatoms. The first-order valence-corrected chi connectivity index (χ1v) is 8.71. The molecule has 0 N–H and O–H groups in total. The molecule has 0 atom stereocenters. The van der Waals surface area contributed by atoms with Crippen LogP contribution in [-0.2, 0) is 9.53 Å². The summed E-state index contributed by atoms with van der Waals surface area (Å²) < 4.78 is 29.8. The van der Waals surface area contributed by atoms with Crippen LogP contribution >= 0.6 is 15.9 Å². The maximum absolute atomic E-state index is 13.0. The summed E-state index contributed by atoms with van der Waals surface area (Å²) >= 11 is 3.43. The summed E-state index contributed by atoms with van der Waals surface area (Å²) in [6.07, 6.45) is 3.20. The number of halogens is 2. The van der Waals surface area contributed by atoms with Crippen molar-refractivity contribution in [1.82, 2.24) is 0 Å². The number of rotatable bonds is 6. The molecule has 5 nitrogen and oxygen atoms in total. The highest BCUT2D eigenvalue weighted by Gasteiger charge is 2.24. The molecule has 0 radical (unpaired) electrons. The molecule has 2 aromatic rings. The van der Waals surface area contributed by atoms with Crippen LogP contribution in [0.15, 0.2) is 64.2 Å². The zero-order valence-electron chi connectivity index (χ0n) is 14.4. The molecule has 0 bridgehead atoms. The quantitative estimate of drug-likeness (QED) is 0.383. The van der Waals surface area contributed by atoms with Crippen LogP contribution in [0.1, 0.15) is 11.1 Å². The summed E-state index contributed by atoms with van der Waals surface area (Å²) in [5.74, 6) is 0.186. The molecule has 1 aliphatic heterocycles. The average Bonchev–Trinajstić information content (AvgIpc) is 3.01. The van der Waals surface area contributed by atoms with Crippen molar-refractivity contribution in [3.8, 4) is 11.5 Å².